The molecule has 19 heavy (non-hydrogen) atoms. The Labute approximate surface area is 106 Å². The summed E-state index contributed by atoms with van der Waals surface area (Å²) in [5, 5.41) is 2.71. The maximum atomic E-state index is 13.3. The lowest BCUT2D eigenvalue weighted by Gasteiger charge is -2.16. The second-order valence-corrected chi connectivity index (χ2v) is 4.44. The molecule has 0 aliphatic rings. The predicted octanol–water partition coefficient (Wildman–Crippen LogP) is 1.94. The summed E-state index contributed by atoms with van der Waals surface area (Å²) in [6, 6.07) is 2.57. The van der Waals surface area contributed by atoms with Crippen LogP contribution in [0, 0.1) is 0 Å². The van der Waals surface area contributed by atoms with Gasteiger partial charge >= 0.3 is 12.3 Å². The van der Waals surface area contributed by atoms with E-state index in [9.17, 15) is 27.2 Å². The minimum atomic E-state index is -4.40. The van der Waals surface area contributed by atoms with Gasteiger partial charge in [0.2, 0.25) is 0 Å². The van der Waals surface area contributed by atoms with Crippen LogP contribution >= 0.6 is 11.3 Å². The van der Waals surface area contributed by atoms with Crippen molar-refractivity contribution >= 4 is 11.3 Å². The molecule has 0 aliphatic carbocycles. The van der Waals surface area contributed by atoms with Crippen molar-refractivity contribution < 1.29 is 17.6 Å². The van der Waals surface area contributed by atoms with E-state index in [2.05, 4.69) is 0 Å². The molecule has 0 radical (unpaired) electrons. The van der Waals surface area contributed by atoms with Crippen LogP contribution in [-0.4, -0.2) is 16.2 Å². The number of aromatic nitrogens is 2. The summed E-state index contributed by atoms with van der Waals surface area (Å²) in [5.74, 6) is -4.40. The summed E-state index contributed by atoms with van der Waals surface area (Å²) in [5.41, 5.74) is -2.51. The van der Waals surface area contributed by atoms with Gasteiger partial charge in [-0.05, 0) is 11.4 Å². The Kier molecular flexibility index (Phi) is 3.31. The van der Waals surface area contributed by atoms with Gasteiger partial charge in [0, 0.05) is 12.1 Å². The van der Waals surface area contributed by atoms with Crippen molar-refractivity contribution in [3.8, 4) is 5.00 Å². The number of nitrogens with one attached hydrogen (secondary N) is 1. The first-order chi connectivity index (χ1) is 8.84. The van der Waals surface area contributed by atoms with E-state index in [0.29, 0.717) is 16.0 Å². The van der Waals surface area contributed by atoms with E-state index in [4.69, 9.17) is 0 Å². The molecule has 1 N–H and O–H groups in total. The minimum absolute atomic E-state index is 0.437. The Bertz CT molecular complexity index is 704. The van der Waals surface area contributed by atoms with Crippen LogP contribution in [0.4, 0.5) is 17.6 Å². The zero-order chi connectivity index (χ0) is 14.2. The topological polar surface area (TPSA) is 54.9 Å². The second-order valence-electron chi connectivity index (χ2n) is 3.55. The highest BCUT2D eigenvalue weighted by molar-refractivity contribution is 7.12. The molecule has 102 valence electrons. The molecule has 0 aromatic carbocycles. The molecule has 2 rings (SSSR count). The summed E-state index contributed by atoms with van der Waals surface area (Å²) >= 11 is 0.649. The SMILES string of the molecule is O=c1ccc(=O)n(-c2sccc2C(F)(F)C(F)F)[nH]1. The average molecular weight is 294 g/mol. The van der Waals surface area contributed by atoms with E-state index in [1.54, 1.807) is 0 Å². The van der Waals surface area contributed by atoms with E-state index in [1.807, 2.05) is 5.10 Å². The third-order valence-corrected chi connectivity index (χ3v) is 3.20. The highest BCUT2D eigenvalue weighted by atomic mass is 32.1. The fraction of sp³-hybridized carbons (Fsp3) is 0.200. The third-order valence-electron chi connectivity index (χ3n) is 2.30. The second kappa shape index (κ2) is 4.65. The number of aromatic amines is 1. The lowest BCUT2D eigenvalue weighted by Crippen LogP contribution is -2.30. The molecule has 2 aromatic rings. The lowest BCUT2D eigenvalue weighted by atomic mass is 10.2. The van der Waals surface area contributed by atoms with Crippen molar-refractivity contribution in [2.24, 2.45) is 0 Å². The van der Waals surface area contributed by atoms with Crippen molar-refractivity contribution in [2.75, 3.05) is 0 Å². The first-order valence-corrected chi connectivity index (χ1v) is 5.78. The zero-order valence-electron chi connectivity index (χ0n) is 9.07. The third kappa shape index (κ3) is 2.33. The molecule has 0 saturated heterocycles. The largest absolute Gasteiger partial charge is 0.335 e. The van der Waals surface area contributed by atoms with Crippen LogP contribution in [0.3, 0.4) is 0 Å². The lowest BCUT2D eigenvalue weighted by molar-refractivity contribution is -0.134. The predicted molar refractivity (Wildman–Crippen MR) is 60.4 cm³/mol. The molecule has 0 bridgehead atoms. The van der Waals surface area contributed by atoms with Gasteiger partial charge in [0.15, 0.2) is 0 Å². The molecule has 4 nitrogen and oxygen atoms in total. The van der Waals surface area contributed by atoms with Gasteiger partial charge < -0.3 is 0 Å². The normalized spacial score (nSPS) is 12.1. The number of hydrogen-bond donors (Lipinski definition) is 1. The smallest absolute Gasteiger partial charge is 0.268 e. The minimum Gasteiger partial charge on any atom is -0.268 e. The quantitative estimate of drug-likeness (QED) is 0.880. The molecule has 0 atom stereocenters. The Hall–Kier alpha value is -1.90. The summed E-state index contributed by atoms with van der Waals surface area (Å²) < 4.78 is 51.9. The van der Waals surface area contributed by atoms with Crippen molar-refractivity contribution in [2.45, 2.75) is 12.3 Å². The molecule has 2 aromatic heterocycles. The van der Waals surface area contributed by atoms with E-state index in [-0.39, 0.29) is 0 Å². The molecule has 2 heterocycles. The van der Waals surface area contributed by atoms with Crippen LogP contribution in [-0.2, 0) is 5.92 Å². The van der Waals surface area contributed by atoms with Crippen LogP contribution in [0.1, 0.15) is 5.56 Å². The zero-order valence-corrected chi connectivity index (χ0v) is 9.89. The fourth-order valence-corrected chi connectivity index (χ4v) is 2.33. The van der Waals surface area contributed by atoms with E-state index in [0.717, 1.165) is 23.6 Å². The molecule has 0 aliphatic heterocycles. The first kappa shape index (κ1) is 13.5. The maximum absolute atomic E-state index is 13.3. The summed E-state index contributed by atoms with van der Waals surface area (Å²) in [6.45, 7) is 0. The van der Waals surface area contributed by atoms with Gasteiger partial charge in [-0.15, -0.1) is 11.3 Å². The van der Waals surface area contributed by atoms with Crippen molar-refractivity contribution in [1.29, 1.82) is 0 Å². The Morgan fingerprint density at radius 3 is 2.53 bits per heavy atom. The van der Waals surface area contributed by atoms with Gasteiger partial charge in [-0.2, -0.15) is 8.78 Å². The van der Waals surface area contributed by atoms with E-state index in [1.165, 1.54) is 0 Å². The molecule has 0 unspecified atom stereocenters. The number of nitrogens with zero attached hydrogens (tertiary/aromatic N) is 1. The summed E-state index contributed by atoms with van der Waals surface area (Å²) in [4.78, 5) is 22.6. The van der Waals surface area contributed by atoms with Crippen LogP contribution in [0.5, 0.6) is 0 Å². The Balaban J connectivity index is 2.66. The first-order valence-electron chi connectivity index (χ1n) is 4.90. The van der Waals surface area contributed by atoms with E-state index >= 15 is 0 Å². The molecule has 9 heteroatoms. The highest BCUT2D eigenvalue weighted by Gasteiger charge is 2.45. The van der Waals surface area contributed by atoms with Gasteiger partial charge in [0.25, 0.3) is 11.1 Å². The van der Waals surface area contributed by atoms with Crippen LogP contribution in [0.2, 0.25) is 0 Å². The molecule has 0 saturated carbocycles. The standard InChI is InChI=1S/C10H6F4N2O2S/c11-9(12)10(13,14)5-3-4-19-8(5)16-7(18)2-1-6(17)15-16/h1-4,9H,(H,15,17). The number of H-pyrrole nitrogens is 1. The average Bonchev–Trinajstić information content (AvgIpc) is 2.81. The summed E-state index contributed by atoms with van der Waals surface area (Å²) in [7, 11) is 0. The van der Waals surface area contributed by atoms with Gasteiger partial charge in [0.05, 0.1) is 5.56 Å². The maximum Gasteiger partial charge on any atom is 0.335 e. The summed E-state index contributed by atoms with van der Waals surface area (Å²) in [6.07, 6.45) is -3.91. The number of alkyl halides is 4. The van der Waals surface area contributed by atoms with E-state index < -0.39 is 34.0 Å². The van der Waals surface area contributed by atoms with Gasteiger partial charge in [-0.3, -0.25) is 14.7 Å². The molecule has 0 fully saturated rings. The number of halogens is 4. The molecular weight excluding hydrogens is 288 g/mol. The Morgan fingerprint density at radius 1 is 1.21 bits per heavy atom. The number of hydrogen-bond acceptors (Lipinski definition) is 3. The van der Waals surface area contributed by atoms with Crippen molar-refractivity contribution in [1.82, 2.24) is 9.78 Å². The van der Waals surface area contributed by atoms with Gasteiger partial charge in [0.1, 0.15) is 5.00 Å². The highest BCUT2D eigenvalue weighted by Crippen LogP contribution is 2.39. The van der Waals surface area contributed by atoms with Crippen LogP contribution in [0.15, 0.2) is 33.2 Å². The van der Waals surface area contributed by atoms with Crippen LogP contribution in [0.25, 0.3) is 5.00 Å². The van der Waals surface area contributed by atoms with Crippen molar-refractivity contribution in [3.05, 3.63) is 49.9 Å². The molecular formula is C10H6F4N2O2S. The fourth-order valence-electron chi connectivity index (χ4n) is 1.42. The monoisotopic (exact) mass is 294 g/mol. The van der Waals surface area contributed by atoms with Crippen LogP contribution < -0.4 is 11.1 Å². The van der Waals surface area contributed by atoms with Gasteiger partial charge in [-0.25, -0.2) is 13.5 Å². The molecule has 0 spiro atoms. The number of thiophene rings is 1. The molecule has 0 amide bonds. The van der Waals surface area contributed by atoms with Gasteiger partial charge in [-0.1, -0.05) is 0 Å². The van der Waals surface area contributed by atoms with Crippen molar-refractivity contribution in [3.63, 3.8) is 0 Å². The number of rotatable bonds is 3. The Morgan fingerprint density at radius 2 is 1.89 bits per heavy atom.